The van der Waals surface area contributed by atoms with Crippen molar-refractivity contribution < 1.29 is 13.4 Å². The van der Waals surface area contributed by atoms with E-state index in [1.807, 2.05) is 35.2 Å². The molecule has 136 valence electrons. The summed E-state index contributed by atoms with van der Waals surface area (Å²) in [7, 11) is 0. The second-order valence-electron chi connectivity index (χ2n) is 6.90. The zero-order valence-corrected chi connectivity index (χ0v) is 15.9. The molecule has 2 heterocycles. The molecular formula is C22H19ClFN2O+. The Kier molecular flexibility index (Phi) is 4.66. The van der Waals surface area contributed by atoms with Gasteiger partial charge in [-0.1, -0.05) is 31.5 Å². The van der Waals surface area contributed by atoms with Gasteiger partial charge in [-0.2, -0.15) is 0 Å². The van der Waals surface area contributed by atoms with E-state index in [0.29, 0.717) is 23.4 Å². The highest BCUT2D eigenvalue weighted by Crippen LogP contribution is 2.26. The SMILES string of the molecule is CC(C)c1ccc2oc(-c3cc[n+](Cc4ccc(F)cc4Cl)cc3)nc2c1. The fourth-order valence-corrected chi connectivity index (χ4v) is 3.21. The van der Waals surface area contributed by atoms with E-state index < -0.39 is 0 Å². The molecule has 0 aliphatic heterocycles. The molecule has 0 aliphatic carbocycles. The lowest BCUT2D eigenvalue weighted by Crippen LogP contribution is -2.33. The summed E-state index contributed by atoms with van der Waals surface area (Å²) in [5, 5.41) is 0.423. The van der Waals surface area contributed by atoms with Crippen LogP contribution in [0.1, 0.15) is 30.9 Å². The van der Waals surface area contributed by atoms with Crippen LogP contribution in [0.3, 0.4) is 0 Å². The molecule has 4 rings (SSSR count). The zero-order chi connectivity index (χ0) is 19.0. The van der Waals surface area contributed by atoms with Gasteiger partial charge < -0.3 is 4.42 Å². The minimum absolute atomic E-state index is 0.333. The number of oxazole rings is 1. The standard InChI is InChI=1S/C22H19ClFN2O/c1-14(2)16-4-6-21-20(11-16)25-22(27-21)15-7-9-26(10-8-15)13-17-3-5-18(24)12-19(17)23/h3-12,14H,13H2,1-2H3/q+1. The number of fused-ring (bicyclic) bond motifs is 1. The predicted octanol–water partition coefficient (Wildman–Crippen LogP) is 5.75. The summed E-state index contributed by atoms with van der Waals surface area (Å²) in [4.78, 5) is 4.62. The second-order valence-corrected chi connectivity index (χ2v) is 7.30. The van der Waals surface area contributed by atoms with Gasteiger partial charge in [0.2, 0.25) is 5.89 Å². The first-order valence-corrected chi connectivity index (χ1v) is 9.21. The average Bonchev–Trinajstić information content (AvgIpc) is 3.08. The first-order chi connectivity index (χ1) is 13.0. The van der Waals surface area contributed by atoms with Gasteiger partial charge in [-0.05, 0) is 41.8 Å². The molecule has 0 spiro atoms. The van der Waals surface area contributed by atoms with E-state index in [0.717, 1.165) is 22.2 Å². The molecule has 0 atom stereocenters. The van der Waals surface area contributed by atoms with Gasteiger partial charge in [-0.25, -0.2) is 13.9 Å². The molecule has 4 aromatic rings. The molecule has 0 saturated heterocycles. The molecule has 27 heavy (non-hydrogen) atoms. The Morgan fingerprint density at radius 3 is 2.56 bits per heavy atom. The lowest BCUT2D eigenvalue weighted by Gasteiger charge is -2.02. The Balaban J connectivity index is 1.59. The van der Waals surface area contributed by atoms with E-state index in [4.69, 9.17) is 16.0 Å². The van der Waals surface area contributed by atoms with E-state index in [1.165, 1.54) is 17.7 Å². The van der Waals surface area contributed by atoms with Crippen molar-refractivity contribution >= 4 is 22.7 Å². The van der Waals surface area contributed by atoms with Crippen LogP contribution >= 0.6 is 11.6 Å². The van der Waals surface area contributed by atoms with Gasteiger partial charge in [-0.15, -0.1) is 0 Å². The molecule has 2 aromatic carbocycles. The third kappa shape index (κ3) is 3.71. The maximum Gasteiger partial charge on any atom is 0.227 e. The summed E-state index contributed by atoms with van der Waals surface area (Å²) in [5.41, 5.74) is 4.65. The summed E-state index contributed by atoms with van der Waals surface area (Å²) < 4.78 is 21.0. The summed E-state index contributed by atoms with van der Waals surface area (Å²) >= 11 is 6.11. The van der Waals surface area contributed by atoms with Gasteiger partial charge in [0, 0.05) is 23.3 Å². The van der Waals surface area contributed by atoms with Crippen molar-refractivity contribution in [1.82, 2.24) is 4.98 Å². The fraction of sp³-hybridized carbons (Fsp3) is 0.182. The second kappa shape index (κ2) is 7.12. The minimum Gasteiger partial charge on any atom is -0.436 e. The minimum atomic E-state index is -0.333. The van der Waals surface area contributed by atoms with Crippen molar-refractivity contribution in [3.8, 4) is 11.5 Å². The molecule has 0 radical (unpaired) electrons. The fourth-order valence-electron chi connectivity index (χ4n) is 2.98. The van der Waals surface area contributed by atoms with E-state index in [1.54, 1.807) is 6.07 Å². The lowest BCUT2D eigenvalue weighted by atomic mass is 10.0. The highest BCUT2D eigenvalue weighted by atomic mass is 35.5. The molecule has 0 aliphatic rings. The largest absolute Gasteiger partial charge is 0.436 e. The van der Waals surface area contributed by atoms with E-state index in [2.05, 4.69) is 31.0 Å². The smallest absolute Gasteiger partial charge is 0.227 e. The van der Waals surface area contributed by atoms with E-state index in [-0.39, 0.29) is 5.82 Å². The highest BCUT2D eigenvalue weighted by molar-refractivity contribution is 6.31. The van der Waals surface area contributed by atoms with Crippen LogP contribution in [0, 0.1) is 5.82 Å². The number of benzene rings is 2. The molecule has 0 saturated carbocycles. The van der Waals surface area contributed by atoms with Gasteiger partial charge in [0.25, 0.3) is 0 Å². The molecule has 0 fully saturated rings. The van der Waals surface area contributed by atoms with Crippen LogP contribution in [-0.2, 0) is 6.54 Å². The number of aromatic nitrogens is 2. The van der Waals surface area contributed by atoms with Crippen molar-refractivity contribution in [1.29, 1.82) is 0 Å². The zero-order valence-electron chi connectivity index (χ0n) is 15.1. The van der Waals surface area contributed by atoms with Crippen LogP contribution in [-0.4, -0.2) is 4.98 Å². The topological polar surface area (TPSA) is 29.9 Å². The van der Waals surface area contributed by atoms with Crippen LogP contribution in [0.4, 0.5) is 4.39 Å². The van der Waals surface area contributed by atoms with Crippen molar-refractivity contribution in [2.75, 3.05) is 0 Å². The Hall–Kier alpha value is -2.72. The van der Waals surface area contributed by atoms with Gasteiger partial charge in [0.15, 0.2) is 24.5 Å². The first-order valence-electron chi connectivity index (χ1n) is 8.83. The number of halogens is 2. The number of rotatable bonds is 4. The summed E-state index contributed by atoms with van der Waals surface area (Å²) in [6.45, 7) is 4.88. The van der Waals surface area contributed by atoms with Crippen molar-refractivity contribution in [3.05, 3.63) is 82.9 Å². The number of hydrogen-bond acceptors (Lipinski definition) is 2. The number of hydrogen-bond donors (Lipinski definition) is 0. The maximum absolute atomic E-state index is 13.2. The van der Waals surface area contributed by atoms with Crippen molar-refractivity contribution in [2.24, 2.45) is 0 Å². The Labute approximate surface area is 162 Å². The van der Waals surface area contributed by atoms with Crippen molar-refractivity contribution in [3.63, 3.8) is 0 Å². The molecule has 0 bridgehead atoms. The van der Waals surface area contributed by atoms with Crippen LogP contribution in [0.25, 0.3) is 22.6 Å². The number of nitrogens with zero attached hydrogens (tertiary/aromatic N) is 2. The lowest BCUT2D eigenvalue weighted by molar-refractivity contribution is -0.688. The van der Waals surface area contributed by atoms with Gasteiger partial charge in [0.05, 0.1) is 5.02 Å². The van der Waals surface area contributed by atoms with E-state index in [9.17, 15) is 4.39 Å². The monoisotopic (exact) mass is 381 g/mol. The van der Waals surface area contributed by atoms with Crippen LogP contribution in [0.15, 0.2) is 65.3 Å². The van der Waals surface area contributed by atoms with Crippen LogP contribution in [0.5, 0.6) is 0 Å². The average molecular weight is 382 g/mol. The Morgan fingerprint density at radius 2 is 1.85 bits per heavy atom. The quantitative estimate of drug-likeness (QED) is 0.421. The normalized spacial score (nSPS) is 11.4. The number of pyridine rings is 1. The molecular weight excluding hydrogens is 363 g/mol. The summed E-state index contributed by atoms with van der Waals surface area (Å²) in [6, 6.07) is 14.5. The Morgan fingerprint density at radius 1 is 1.07 bits per heavy atom. The van der Waals surface area contributed by atoms with Crippen LogP contribution < -0.4 is 4.57 Å². The first kappa shape index (κ1) is 17.7. The summed E-state index contributed by atoms with van der Waals surface area (Å²) in [5.74, 6) is 0.710. The van der Waals surface area contributed by atoms with Gasteiger partial charge in [0.1, 0.15) is 11.3 Å². The predicted molar refractivity (Wildman–Crippen MR) is 104 cm³/mol. The van der Waals surface area contributed by atoms with Crippen LogP contribution in [0.2, 0.25) is 5.02 Å². The molecule has 0 unspecified atom stereocenters. The van der Waals surface area contributed by atoms with Gasteiger partial charge in [-0.3, -0.25) is 0 Å². The molecule has 2 aromatic heterocycles. The van der Waals surface area contributed by atoms with Crippen molar-refractivity contribution in [2.45, 2.75) is 26.3 Å². The third-order valence-corrected chi connectivity index (χ3v) is 4.94. The molecule has 0 amide bonds. The summed E-state index contributed by atoms with van der Waals surface area (Å²) in [6.07, 6.45) is 3.87. The molecule has 0 N–H and O–H groups in total. The van der Waals surface area contributed by atoms with E-state index >= 15 is 0 Å². The third-order valence-electron chi connectivity index (χ3n) is 4.58. The Bertz CT molecular complexity index is 1100. The molecule has 5 heteroatoms. The van der Waals surface area contributed by atoms with Gasteiger partial charge >= 0.3 is 0 Å². The highest BCUT2D eigenvalue weighted by Gasteiger charge is 2.13. The maximum atomic E-state index is 13.2. The molecule has 3 nitrogen and oxygen atoms in total.